The summed E-state index contributed by atoms with van der Waals surface area (Å²) in [5.41, 5.74) is 0.0643. The largest absolute Gasteiger partial charge is 0.478 e. The van der Waals surface area contributed by atoms with Gasteiger partial charge < -0.3 is 10.1 Å². The second kappa shape index (κ2) is 6.02. The normalized spacial score (nSPS) is 11.5. The van der Waals surface area contributed by atoms with Gasteiger partial charge in [0.25, 0.3) is 0 Å². The third-order valence-corrected chi connectivity index (χ3v) is 4.18. The van der Waals surface area contributed by atoms with E-state index in [0.29, 0.717) is 6.42 Å². The van der Waals surface area contributed by atoms with E-state index >= 15 is 0 Å². The highest BCUT2D eigenvalue weighted by molar-refractivity contribution is 7.89. The van der Waals surface area contributed by atoms with Crippen LogP contribution in [0.3, 0.4) is 0 Å². The molecule has 0 amide bonds. The summed E-state index contributed by atoms with van der Waals surface area (Å²) in [7, 11) is -3.90. The Balaban J connectivity index is 2.12. The van der Waals surface area contributed by atoms with Gasteiger partial charge in [-0.25, -0.2) is 27.3 Å². The number of H-pyrrole nitrogens is 1. The van der Waals surface area contributed by atoms with E-state index in [1.54, 1.807) is 6.20 Å². The number of hydrogen-bond donors (Lipinski definition) is 3. The first kappa shape index (κ1) is 15.1. The van der Waals surface area contributed by atoms with Gasteiger partial charge in [0, 0.05) is 24.9 Å². The number of aromatic nitrogens is 2. The van der Waals surface area contributed by atoms with Gasteiger partial charge in [-0.1, -0.05) is 0 Å². The lowest BCUT2D eigenvalue weighted by molar-refractivity contribution is 0.0691. The van der Waals surface area contributed by atoms with Crippen LogP contribution in [0, 0.1) is 5.82 Å². The Labute approximate surface area is 119 Å². The van der Waals surface area contributed by atoms with Crippen molar-refractivity contribution in [3.05, 3.63) is 47.8 Å². The minimum absolute atomic E-state index is 0.101. The van der Waals surface area contributed by atoms with Gasteiger partial charge >= 0.3 is 5.97 Å². The van der Waals surface area contributed by atoms with Gasteiger partial charge in [-0.05, 0) is 18.2 Å². The number of carboxylic acids is 1. The van der Waals surface area contributed by atoms with Crippen LogP contribution in [0.5, 0.6) is 0 Å². The summed E-state index contributed by atoms with van der Waals surface area (Å²) in [6.07, 6.45) is 3.43. The number of carboxylic acid groups (broad SMARTS) is 1. The van der Waals surface area contributed by atoms with Crippen molar-refractivity contribution < 1.29 is 22.7 Å². The van der Waals surface area contributed by atoms with Gasteiger partial charge in [0.15, 0.2) is 0 Å². The minimum atomic E-state index is -3.90. The molecule has 9 heteroatoms. The predicted molar refractivity (Wildman–Crippen MR) is 70.8 cm³/mol. The molecule has 0 saturated carbocycles. The van der Waals surface area contributed by atoms with Crippen molar-refractivity contribution in [2.75, 3.05) is 6.54 Å². The number of benzene rings is 1. The molecule has 0 saturated heterocycles. The summed E-state index contributed by atoms with van der Waals surface area (Å²) < 4.78 is 39.5. The minimum Gasteiger partial charge on any atom is -0.478 e. The fourth-order valence-electron chi connectivity index (χ4n) is 1.66. The van der Waals surface area contributed by atoms with Crippen LogP contribution < -0.4 is 4.72 Å². The van der Waals surface area contributed by atoms with Crippen molar-refractivity contribution in [3.63, 3.8) is 0 Å². The van der Waals surface area contributed by atoms with Crippen LogP contribution in [-0.4, -0.2) is 36.0 Å². The summed E-state index contributed by atoms with van der Waals surface area (Å²) in [5, 5.41) is 8.79. The molecular formula is C12H12FN3O4S. The third-order valence-electron chi connectivity index (χ3n) is 2.72. The van der Waals surface area contributed by atoms with E-state index in [9.17, 15) is 17.6 Å². The topological polar surface area (TPSA) is 112 Å². The third kappa shape index (κ3) is 3.64. The lowest BCUT2D eigenvalue weighted by Gasteiger charge is -2.07. The molecular weight excluding hydrogens is 301 g/mol. The van der Waals surface area contributed by atoms with E-state index in [0.717, 1.165) is 23.9 Å². The smallest absolute Gasteiger partial charge is 0.338 e. The molecule has 2 aromatic rings. The van der Waals surface area contributed by atoms with E-state index in [4.69, 9.17) is 5.11 Å². The van der Waals surface area contributed by atoms with Crippen LogP contribution in [0.15, 0.2) is 35.6 Å². The first-order chi connectivity index (χ1) is 9.90. The monoisotopic (exact) mass is 313 g/mol. The fourth-order valence-corrected chi connectivity index (χ4v) is 2.72. The number of aromatic carboxylic acids is 1. The van der Waals surface area contributed by atoms with E-state index in [1.165, 1.54) is 6.33 Å². The highest BCUT2D eigenvalue weighted by Gasteiger charge is 2.18. The number of hydrogen-bond acceptors (Lipinski definition) is 4. The van der Waals surface area contributed by atoms with E-state index in [-0.39, 0.29) is 11.4 Å². The Morgan fingerprint density at radius 3 is 2.81 bits per heavy atom. The SMILES string of the molecule is O=C(O)c1cc(S(=O)(=O)NCCc2cnc[nH]2)ccc1F. The molecule has 0 fully saturated rings. The number of nitrogens with zero attached hydrogens (tertiary/aromatic N) is 1. The molecule has 0 bridgehead atoms. The lowest BCUT2D eigenvalue weighted by Crippen LogP contribution is -2.26. The highest BCUT2D eigenvalue weighted by atomic mass is 32.2. The Bertz CT molecular complexity index is 744. The predicted octanol–water partition coefficient (Wildman–Crippen LogP) is 0.768. The van der Waals surface area contributed by atoms with Crippen LogP contribution in [0.25, 0.3) is 0 Å². The number of halogens is 1. The molecule has 21 heavy (non-hydrogen) atoms. The Kier molecular flexibility index (Phi) is 4.34. The molecule has 7 nitrogen and oxygen atoms in total. The average Bonchev–Trinajstić information content (AvgIpc) is 2.91. The Hall–Kier alpha value is -2.26. The molecule has 0 radical (unpaired) electrons. The van der Waals surface area contributed by atoms with Crippen molar-refractivity contribution in [2.45, 2.75) is 11.3 Å². The molecule has 0 unspecified atom stereocenters. The van der Waals surface area contributed by atoms with Gasteiger partial charge in [-0.3, -0.25) is 0 Å². The first-order valence-corrected chi connectivity index (χ1v) is 7.38. The zero-order chi connectivity index (χ0) is 15.5. The molecule has 1 aromatic carbocycles. The van der Waals surface area contributed by atoms with Crippen molar-refractivity contribution in [1.82, 2.24) is 14.7 Å². The van der Waals surface area contributed by atoms with E-state index < -0.39 is 27.4 Å². The Morgan fingerprint density at radius 1 is 1.43 bits per heavy atom. The lowest BCUT2D eigenvalue weighted by atomic mass is 10.2. The van der Waals surface area contributed by atoms with E-state index in [2.05, 4.69) is 14.7 Å². The van der Waals surface area contributed by atoms with Crippen molar-refractivity contribution in [2.24, 2.45) is 0 Å². The summed E-state index contributed by atoms with van der Waals surface area (Å²) >= 11 is 0. The molecule has 0 aliphatic heterocycles. The number of sulfonamides is 1. The number of imidazole rings is 1. The van der Waals surface area contributed by atoms with Gasteiger partial charge in [-0.2, -0.15) is 0 Å². The molecule has 112 valence electrons. The fraction of sp³-hybridized carbons (Fsp3) is 0.167. The van der Waals surface area contributed by atoms with Crippen molar-refractivity contribution >= 4 is 16.0 Å². The molecule has 1 heterocycles. The maximum absolute atomic E-state index is 13.2. The maximum atomic E-state index is 13.2. The first-order valence-electron chi connectivity index (χ1n) is 5.90. The molecule has 0 aliphatic rings. The van der Waals surface area contributed by atoms with Gasteiger partial charge in [0.05, 0.1) is 16.8 Å². The summed E-state index contributed by atoms with van der Waals surface area (Å²) in [6.45, 7) is 0.101. The number of carbonyl (C=O) groups is 1. The molecule has 2 rings (SSSR count). The van der Waals surface area contributed by atoms with Crippen LogP contribution in [0.1, 0.15) is 16.1 Å². The number of aromatic amines is 1. The van der Waals surface area contributed by atoms with Gasteiger partial charge in [0.1, 0.15) is 5.82 Å². The maximum Gasteiger partial charge on any atom is 0.338 e. The molecule has 3 N–H and O–H groups in total. The highest BCUT2D eigenvalue weighted by Crippen LogP contribution is 2.15. The molecule has 1 aromatic heterocycles. The van der Waals surface area contributed by atoms with Crippen molar-refractivity contribution in [1.29, 1.82) is 0 Å². The average molecular weight is 313 g/mol. The molecule has 0 aliphatic carbocycles. The molecule has 0 spiro atoms. The summed E-state index contributed by atoms with van der Waals surface area (Å²) in [5.74, 6) is -2.51. The van der Waals surface area contributed by atoms with Crippen LogP contribution >= 0.6 is 0 Å². The van der Waals surface area contributed by atoms with Crippen LogP contribution in [0.4, 0.5) is 4.39 Å². The standard InChI is InChI=1S/C12H12FN3O4S/c13-11-2-1-9(5-10(11)12(17)18)21(19,20)16-4-3-8-6-14-7-15-8/h1-2,5-7,16H,3-4H2,(H,14,15)(H,17,18). The zero-order valence-electron chi connectivity index (χ0n) is 10.7. The number of rotatable bonds is 6. The number of nitrogens with one attached hydrogen (secondary N) is 2. The zero-order valence-corrected chi connectivity index (χ0v) is 11.5. The summed E-state index contributed by atoms with van der Waals surface area (Å²) in [4.78, 5) is 17.1. The van der Waals surface area contributed by atoms with Crippen molar-refractivity contribution in [3.8, 4) is 0 Å². The van der Waals surface area contributed by atoms with Gasteiger partial charge in [0.2, 0.25) is 10.0 Å². The summed E-state index contributed by atoms with van der Waals surface area (Å²) in [6, 6.07) is 2.61. The van der Waals surface area contributed by atoms with Crippen LogP contribution in [0.2, 0.25) is 0 Å². The van der Waals surface area contributed by atoms with Crippen LogP contribution in [-0.2, 0) is 16.4 Å². The second-order valence-corrected chi connectivity index (χ2v) is 5.94. The quantitative estimate of drug-likeness (QED) is 0.729. The molecule has 0 atom stereocenters. The van der Waals surface area contributed by atoms with Gasteiger partial charge in [-0.15, -0.1) is 0 Å². The van der Waals surface area contributed by atoms with E-state index in [1.807, 2.05) is 0 Å². The second-order valence-electron chi connectivity index (χ2n) is 4.17. The Morgan fingerprint density at radius 2 is 2.19 bits per heavy atom.